The van der Waals surface area contributed by atoms with Gasteiger partial charge in [-0.15, -0.1) is 0 Å². The molecule has 40 heavy (non-hydrogen) atoms. The number of fused-ring (bicyclic) bond motifs is 1. The standard InChI is InChI=1S/C29H25ClN4O3S3/c1-3-37-22-14-12-20(13-15-22)33-26-25(40-29(33)38)27(36)34(21-10-8-18(2)9-11-21)28(32-26)39-17-24(35)31-16-19-6-4-5-7-23(19)30/h4-15H,3,16-17H2,1-2H3,(H,31,35). The molecule has 1 amide bonds. The van der Waals surface area contributed by atoms with E-state index in [9.17, 15) is 9.59 Å². The van der Waals surface area contributed by atoms with Gasteiger partial charge in [0.05, 0.1) is 18.0 Å². The lowest BCUT2D eigenvalue weighted by Crippen LogP contribution is -2.26. The molecular formula is C29H25ClN4O3S3. The quantitative estimate of drug-likeness (QED) is 0.113. The number of aryl methyl sites for hydroxylation is 1. The lowest BCUT2D eigenvalue weighted by molar-refractivity contribution is -0.118. The summed E-state index contributed by atoms with van der Waals surface area (Å²) >= 11 is 14.3. The third kappa shape index (κ3) is 6.00. The van der Waals surface area contributed by atoms with Crippen LogP contribution in [0.25, 0.3) is 21.7 Å². The van der Waals surface area contributed by atoms with Gasteiger partial charge >= 0.3 is 0 Å². The van der Waals surface area contributed by atoms with E-state index in [1.54, 1.807) is 15.2 Å². The molecule has 0 saturated carbocycles. The first-order chi connectivity index (χ1) is 19.4. The molecule has 0 fully saturated rings. The summed E-state index contributed by atoms with van der Waals surface area (Å²) in [5, 5.41) is 3.87. The number of hydrogen-bond acceptors (Lipinski definition) is 7. The number of hydrogen-bond donors (Lipinski definition) is 1. The smallest absolute Gasteiger partial charge is 0.278 e. The third-order valence-electron chi connectivity index (χ3n) is 6.04. The molecule has 0 radical (unpaired) electrons. The van der Waals surface area contributed by atoms with Crippen LogP contribution in [0.2, 0.25) is 5.02 Å². The summed E-state index contributed by atoms with van der Waals surface area (Å²) in [6, 6.07) is 22.4. The number of benzene rings is 3. The van der Waals surface area contributed by atoms with Gasteiger partial charge in [-0.05, 0) is 74.1 Å². The number of carbonyl (C=O) groups is 1. The first-order valence-electron chi connectivity index (χ1n) is 12.5. The number of ether oxygens (including phenoxy) is 1. The van der Waals surface area contributed by atoms with Crippen molar-refractivity contribution in [2.75, 3.05) is 12.4 Å². The summed E-state index contributed by atoms with van der Waals surface area (Å²) in [5.74, 6) is 0.594. The van der Waals surface area contributed by atoms with E-state index in [0.29, 0.717) is 43.3 Å². The van der Waals surface area contributed by atoms with Crippen molar-refractivity contribution in [3.63, 3.8) is 0 Å². The van der Waals surface area contributed by atoms with Gasteiger partial charge in [-0.1, -0.05) is 70.6 Å². The number of aromatic nitrogens is 3. The summed E-state index contributed by atoms with van der Waals surface area (Å²) in [4.78, 5) is 31.6. The zero-order valence-electron chi connectivity index (χ0n) is 21.7. The highest BCUT2D eigenvalue weighted by Gasteiger charge is 2.20. The molecule has 5 aromatic rings. The van der Waals surface area contributed by atoms with Crippen LogP contribution in [0.3, 0.4) is 0 Å². The summed E-state index contributed by atoms with van der Waals surface area (Å²) < 4.78 is 9.83. The summed E-state index contributed by atoms with van der Waals surface area (Å²) in [7, 11) is 0. The SMILES string of the molecule is CCOc1ccc(-n2c(=S)sc3c(=O)n(-c4ccc(C)cc4)c(SCC(=O)NCc4ccccc4Cl)nc32)cc1. The van der Waals surface area contributed by atoms with Crippen LogP contribution in [-0.2, 0) is 11.3 Å². The Morgan fingerprint density at radius 3 is 2.42 bits per heavy atom. The number of nitrogens with one attached hydrogen (secondary N) is 1. The van der Waals surface area contributed by atoms with E-state index >= 15 is 0 Å². The third-order valence-corrected chi connectivity index (χ3v) is 8.70. The average Bonchev–Trinajstić information content (AvgIpc) is 3.29. The average molecular weight is 609 g/mol. The largest absolute Gasteiger partial charge is 0.494 e. The number of halogens is 1. The van der Waals surface area contributed by atoms with Crippen LogP contribution < -0.4 is 15.6 Å². The molecule has 0 saturated heterocycles. The fourth-order valence-electron chi connectivity index (χ4n) is 4.06. The predicted octanol–water partition coefficient (Wildman–Crippen LogP) is 6.74. The van der Waals surface area contributed by atoms with E-state index in [1.165, 1.54) is 23.1 Å². The zero-order valence-corrected chi connectivity index (χ0v) is 24.9. The van der Waals surface area contributed by atoms with E-state index in [1.807, 2.05) is 80.6 Å². The molecule has 0 atom stereocenters. The van der Waals surface area contributed by atoms with Gasteiger partial charge in [0.25, 0.3) is 5.56 Å². The van der Waals surface area contributed by atoms with E-state index in [-0.39, 0.29) is 17.2 Å². The lowest BCUT2D eigenvalue weighted by atomic mass is 10.2. The minimum Gasteiger partial charge on any atom is -0.494 e. The Balaban J connectivity index is 1.53. The highest BCUT2D eigenvalue weighted by atomic mass is 35.5. The Labute approximate surface area is 249 Å². The zero-order chi connectivity index (χ0) is 28.2. The van der Waals surface area contributed by atoms with Crippen molar-refractivity contribution in [2.24, 2.45) is 0 Å². The first kappa shape index (κ1) is 28.1. The lowest BCUT2D eigenvalue weighted by Gasteiger charge is -2.13. The molecule has 204 valence electrons. The number of rotatable bonds is 9. The predicted molar refractivity (Wildman–Crippen MR) is 165 cm³/mol. The Hall–Kier alpha value is -3.44. The Bertz CT molecular complexity index is 1800. The molecule has 1 N–H and O–H groups in total. The number of thiazole rings is 1. The van der Waals surface area contributed by atoms with Crippen molar-refractivity contribution < 1.29 is 9.53 Å². The van der Waals surface area contributed by atoms with Gasteiger partial charge in [0.1, 0.15) is 10.4 Å². The summed E-state index contributed by atoms with van der Waals surface area (Å²) in [5.41, 5.74) is 3.53. The number of amides is 1. The maximum absolute atomic E-state index is 13.9. The maximum atomic E-state index is 13.9. The second-order valence-corrected chi connectivity index (χ2v) is 11.8. The molecule has 2 aromatic heterocycles. The topological polar surface area (TPSA) is 78.1 Å². The van der Waals surface area contributed by atoms with Crippen molar-refractivity contribution >= 4 is 63.2 Å². The number of nitrogens with zero attached hydrogens (tertiary/aromatic N) is 3. The van der Waals surface area contributed by atoms with Gasteiger partial charge in [-0.3, -0.25) is 18.7 Å². The fourth-order valence-corrected chi connectivity index (χ4v) is 6.40. The molecule has 0 aliphatic rings. The number of carbonyl (C=O) groups excluding carboxylic acids is 1. The van der Waals surface area contributed by atoms with Gasteiger partial charge in [0.2, 0.25) is 5.91 Å². The van der Waals surface area contributed by atoms with Crippen LogP contribution in [-0.4, -0.2) is 32.4 Å². The van der Waals surface area contributed by atoms with E-state index in [2.05, 4.69) is 5.32 Å². The van der Waals surface area contributed by atoms with E-state index in [0.717, 1.165) is 22.6 Å². The van der Waals surface area contributed by atoms with Crippen LogP contribution in [0.5, 0.6) is 5.75 Å². The second-order valence-electron chi connectivity index (χ2n) is 8.81. The van der Waals surface area contributed by atoms with Crippen LogP contribution >= 0.6 is 46.9 Å². The van der Waals surface area contributed by atoms with Gasteiger partial charge in [-0.2, -0.15) is 0 Å². The molecule has 0 bridgehead atoms. The minimum absolute atomic E-state index is 0.0577. The monoisotopic (exact) mass is 608 g/mol. The van der Waals surface area contributed by atoms with Crippen LogP contribution in [0, 0.1) is 10.9 Å². The van der Waals surface area contributed by atoms with Crippen LogP contribution in [0.1, 0.15) is 18.1 Å². The van der Waals surface area contributed by atoms with Crippen molar-refractivity contribution in [3.05, 3.63) is 103 Å². The van der Waals surface area contributed by atoms with Crippen LogP contribution in [0.15, 0.2) is 82.7 Å². The summed E-state index contributed by atoms with van der Waals surface area (Å²) in [6.45, 7) is 4.77. The molecule has 0 aliphatic heterocycles. The van der Waals surface area contributed by atoms with E-state index < -0.39 is 0 Å². The molecule has 11 heteroatoms. The van der Waals surface area contributed by atoms with Crippen molar-refractivity contribution in [2.45, 2.75) is 25.5 Å². The highest BCUT2D eigenvalue weighted by molar-refractivity contribution is 7.99. The Kier molecular flexibility index (Phi) is 8.70. The van der Waals surface area contributed by atoms with Crippen molar-refractivity contribution in [3.8, 4) is 17.1 Å². The Morgan fingerprint density at radius 1 is 1.05 bits per heavy atom. The molecule has 0 unspecified atom stereocenters. The second kappa shape index (κ2) is 12.4. The van der Waals surface area contributed by atoms with Gasteiger partial charge in [0.15, 0.2) is 14.8 Å². The molecule has 2 heterocycles. The molecule has 0 spiro atoms. The molecule has 7 nitrogen and oxygen atoms in total. The molecule has 0 aliphatic carbocycles. The summed E-state index contributed by atoms with van der Waals surface area (Å²) in [6.07, 6.45) is 0. The molecule has 5 rings (SSSR count). The highest BCUT2D eigenvalue weighted by Crippen LogP contribution is 2.28. The van der Waals surface area contributed by atoms with Gasteiger partial charge in [0, 0.05) is 17.3 Å². The first-order valence-corrected chi connectivity index (χ1v) is 15.1. The molecular weight excluding hydrogens is 584 g/mol. The normalized spacial score (nSPS) is 11.1. The fraction of sp³-hybridized carbons (Fsp3) is 0.172. The van der Waals surface area contributed by atoms with Crippen molar-refractivity contribution in [1.82, 2.24) is 19.4 Å². The van der Waals surface area contributed by atoms with Gasteiger partial charge in [-0.25, -0.2) is 4.98 Å². The van der Waals surface area contributed by atoms with Crippen LogP contribution in [0.4, 0.5) is 0 Å². The van der Waals surface area contributed by atoms with Gasteiger partial charge < -0.3 is 10.1 Å². The maximum Gasteiger partial charge on any atom is 0.278 e. The van der Waals surface area contributed by atoms with E-state index in [4.69, 9.17) is 33.5 Å². The van der Waals surface area contributed by atoms with Crippen molar-refractivity contribution in [1.29, 1.82) is 0 Å². The Morgan fingerprint density at radius 2 is 1.73 bits per heavy atom. The number of thioether (sulfide) groups is 1. The minimum atomic E-state index is -0.242. The molecule has 3 aromatic carbocycles.